The van der Waals surface area contributed by atoms with Gasteiger partial charge in [-0.05, 0) is 32.0 Å². The van der Waals surface area contributed by atoms with Gasteiger partial charge < -0.3 is 14.2 Å². The Morgan fingerprint density at radius 3 is 2.62 bits per heavy atom. The Bertz CT molecular complexity index is 989. The van der Waals surface area contributed by atoms with Crippen LogP contribution in [0, 0.1) is 6.92 Å². The Morgan fingerprint density at radius 2 is 2.00 bits per heavy atom. The third kappa shape index (κ3) is 2.82. The van der Waals surface area contributed by atoms with Crippen LogP contribution in [0.2, 0.25) is 0 Å². The number of nitrogens with zero attached hydrogens (tertiary/aromatic N) is 2. The van der Waals surface area contributed by atoms with Gasteiger partial charge in [0.15, 0.2) is 22.7 Å². The van der Waals surface area contributed by atoms with E-state index in [4.69, 9.17) is 14.2 Å². The molecule has 0 saturated carbocycles. The zero-order chi connectivity index (χ0) is 18.8. The van der Waals surface area contributed by atoms with Gasteiger partial charge in [0, 0.05) is 11.3 Å². The summed E-state index contributed by atoms with van der Waals surface area (Å²) in [5, 5.41) is 0. The Balaban J connectivity index is 2.17. The van der Waals surface area contributed by atoms with Gasteiger partial charge >= 0.3 is 5.97 Å². The van der Waals surface area contributed by atoms with Crippen molar-refractivity contribution < 1.29 is 23.8 Å². The summed E-state index contributed by atoms with van der Waals surface area (Å²) in [5.41, 5.74) is 2.24. The van der Waals surface area contributed by atoms with Crippen LogP contribution in [0.25, 0.3) is 16.2 Å². The number of aryl methyl sites for hydroxylation is 1. The predicted octanol–water partition coefficient (Wildman–Crippen LogP) is 3.38. The smallest absolute Gasteiger partial charge is 0.350 e. The quantitative estimate of drug-likeness (QED) is 0.486. The lowest BCUT2D eigenvalue weighted by Gasteiger charge is -2.09. The standard InChI is InChI=1S/C18H18N2O5S/c1-5-25-17(22)16-10(2)20-12(9-21)15(19-18(20)26-16)11-6-7-13(23-3)14(8-11)24-4/h6-9H,5H2,1-4H3. The van der Waals surface area contributed by atoms with Crippen molar-refractivity contribution in [3.8, 4) is 22.8 Å². The number of ether oxygens (including phenoxy) is 3. The van der Waals surface area contributed by atoms with Gasteiger partial charge in [-0.25, -0.2) is 9.78 Å². The van der Waals surface area contributed by atoms with Crippen LogP contribution in [0.1, 0.15) is 32.8 Å². The second-order valence-corrected chi connectivity index (χ2v) is 6.37. The number of fused-ring (bicyclic) bond motifs is 1. The number of benzene rings is 1. The Kier molecular flexibility index (Phi) is 4.94. The third-order valence-corrected chi connectivity index (χ3v) is 5.09. The van der Waals surface area contributed by atoms with Crippen LogP contribution in [-0.4, -0.2) is 42.5 Å². The first-order valence-electron chi connectivity index (χ1n) is 7.92. The van der Waals surface area contributed by atoms with Crippen molar-refractivity contribution in [2.75, 3.05) is 20.8 Å². The molecule has 0 spiro atoms. The van der Waals surface area contributed by atoms with Gasteiger partial charge in [-0.2, -0.15) is 0 Å². The molecule has 0 amide bonds. The maximum absolute atomic E-state index is 12.1. The minimum absolute atomic E-state index is 0.288. The van der Waals surface area contributed by atoms with Gasteiger partial charge in [0.25, 0.3) is 0 Å². The zero-order valence-corrected chi connectivity index (χ0v) is 15.7. The molecule has 0 atom stereocenters. The van der Waals surface area contributed by atoms with Crippen molar-refractivity contribution in [3.63, 3.8) is 0 Å². The van der Waals surface area contributed by atoms with Crippen molar-refractivity contribution in [3.05, 3.63) is 34.5 Å². The van der Waals surface area contributed by atoms with Crippen LogP contribution in [-0.2, 0) is 4.74 Å². The lowest BCUT2D eigenvalue weighted by atomic mass is 10.1. The maximum Gasteiger partial charge on any atom is 0.350 e. The van der Waals surface area contributed by atoms with Gasteiger partial charge in [0.05, 0.1) is 20.8 Å². The average Bonchev–Trinajstić information content (AvgIpc) is 3.18. The number of methoxy groups -OCH3 is 2. The fourth-order valence-corrected chi connectivity index (χ4v) is 3.79. The number of hydrogen-bond acceptors (Lipinski definition) is 7. The molecule has 26 heavy (non-hydrogen) atoms. The number of thiazole rings is 1. The lowest BCUT2D eigenvalue weighted by Crippen LogP contribution is -2.05. The van der Waals surface area contributed by atoms with Crippen molar-refractivity contribution in [2.45, 2.75) is 13.8 Å². The number of aldehydes is 1. The Morgan fingerprint density at radius 1 is 1.27 bits per heavy atom. The van der Waals surface area contributed by atoms with Crippen molar-refractivity contribution >= 4 is 28.6 Å². The van der Waals surface area contributed by atoms with Crippen molar-refractivity contribution in [1.82, 2.24) is 9.38 Å². The molecule has 1 aromatic carbocycles. The summed E-state index contributed by atoms with van der Waals surface area (Å²) in [6.45, 7) is 3.80. The number of rotatable bonds is 6. The molecule has 0 N–H and O–H groups in total. The van der Waals surface area contributed by atoms with Crippen LogP contribution >= 0.6 is 11.3 Å². The molecule has 3 rings (SSSR count). The van der Waals surface area contributed by atoms with E-state index in [1.54, 1.807) is 44.6 Å². The molecule has 0 saturated heterocycles. The molecule has 136 valence electrons. The highest BCUT2D eigenvalue weighted by Gasteiger charge is 2.23. The van der Waals surface area contributed by atoms with Gasteiger partial charge in [-0.1, -0.05) is 11.3 Å². The van der Waals surface area contributed by atoms with E-state index < -0.39 is 5.97 Å². The summed E-state index contributed by atoms with van der Waals surface area (Å²) in [6.07, 6.45) is 0.737. The van der Waals surface area contributed by atoms with Crippen LogP contribution in [0.3, 0.4) is 0 Å². The molecule has 2 aromatic heterocycles. The summed E-state index contributed by atoms with van der Waals surface area (Å²) in [6, 6.07) is 5.33. The number of imidazole rings is 1. The van der Waals surface area contributed by atoms with Crippen LogP contribution in [0.4, 0.5) is 0 Å². The monoisotopic (exact) mass is 374 g/mol. The summed E-state index contributed by atoms with van der Waals surface area (Å²) in [7, 11) is 3.10. The molecule has 0 aliphatic rings. The normalized spacial score (nSPS) is 10.8. The molecule has 0 radical (unpaired) electrons. The van der Waals surface area contributed by atoms with Crippen LogP contribution in [0.5, 0.6) is 11.5 Å². The first-order chi connectivity index (χ1) is 12.5. The fraction of sp³-hybridized carbons (Fsp3) is 0.278. The van der Waals surface area contributed by atoms with E-state index in [-0.39, 0.29) is 6.61 Å². The van der Waals surface area contributed by atoms with Gasteiger partial charge in [0.2, 0.25) is 0 Å². The van der Waals surface area contributed by atoms with E-state index in [0.29, 0.717) is 38.4 Å². The molecule has 0 aliphatic heterocycles. The molecule has 0 aliphatic carbocycles. The van der Waals surface area contributed by atoms with E-state index in [0.717, 1.165) is 11.8 Å². The van der Waals surface area contributed by atoms with Gasteiger partial charge in [-0.3, -0.25) is 9.20 Å². The average molecular weight is 374 g/mol. The molecular formula is C18H18N2O5S. The second kappa shape index (κ2) is 7.17. The summed E-state index contributed by atoms with van der Waals surface area (Å²) < 4.78 is 17.3. The topological polar surface area (TPSA) is 79.1 Å². The summed E-state index contributed by atoms with van der Waals surface area (Å²) in [4.78, 5) is 29.4. The van der Waals surface area contributed by atoms with Crippen molar-refractivity contribution in [1.29, 1.82) is 0 Å². The zero-order valence-electron chi connectivity index (χ0n) is 14.9. The van der Waals surface area contributed by atoms with E-state index in [2.05, 4.69) is 4.98 Å². The highest BCUT2D eigenvalue weighted by atomic mass is 32.1. The van der Waals surface area contributed by atoms with Crippen molar-refractivity contribution in [2.24, 2.45) is 0 Å². The number of aromatic nitrogens is 2. The molecular weight excluding hydrogens is 356 g/mol. The number of carbonyl (C=O) groups is 2. The SMILES string of the molecule is CCOC(=O)c1sc2nc(-c3ccc(OC)c(OC)c3)c(C=O)n2c1C. The molecule has 0 bridgehead atoms. The van der Waals surface area contributed by atoms with E-state index in [1.165, 1.54) is 11.3 Å². The van der Waals surface area contributed by atoms with E-state index in [9.17, 15) is 9.59 Å². The van der Waals surface area contributed by atoms with Crippen LogP contribution in [0.15, 0.2) is 18.2 Å². The fourth-order valence-electron chi connectivity index (χ4n) is 2.76. The number of esters is 1. The third-order valence-electron chi connectivity index (χ3n) is 3.97. The first-order valence-corrected chi connectivity index (χ1v) is 8.73. The van der Waals surface area contributed by atoms with Crippen LogP contribution < -0.4 is 9.47 Å². The first kappa shape index (κ1) is 17.9. The minimum Gasteiger partial charge on any atom is -0.493 e. The van der Waals surface area contributed by atoms with Gasteiger partial charge in [-0.15, -0.1) is 0 Å². The highest BCUT2D eigenvalue weighted by molar-refractivity contribution is 7.19. The Hall–Kier alpha value is -2.87. The summed E-state index contributed by atoms with van der Waals surface area (Å²) in [5.74, 6) is 0.720. The van der Waals surface area contributed by atoms with E-state index >= 15 is 0 Å². The molecule has 2 heterocycles. The van der Waals surface area contributed by atoms with Gasteiger partial charge in [0.1, 0.15) is 16.3 Å². The molecule has 8 heteroatoms. The Labute approximate surface area is 154 Å². The maximum atomic E-state index is 12.1. The molecule has 0 unspecified atom stereocenters. The molecule has 0 fully saturated rings. The number of carbonyl (C=O) groups excluding carboxylic acids is 2. The minimum atomic E-state index is -0.412. The predicted molar refractivity (Wildman–Crippen MR) is 97.7 cm³/mol. The number of hydrogen-bond donors (Lipinski definition) is 0. The van der Waals surface area contributed by atoms with E-state index in [1.807, 2.05) is 6.07 Å². The lowest BCUT2D eigenvalue weighted by molar-refractivity contribution is 0.0530. The second-order valence-electron chi connectivity index (χ2n) is 5.39. The molecule has 7 nitrogen and oxygen atoms in total. The largest absolute Gasteiger partial charge is 0.493 e. The summed E-state index contributed by atoms with van der Waals surface area (Å²) >= 11 is 1.20. The highest BCUT2D eigenvalue weighted by Crippen LogP contribution is 2.35. The molecule has 3 aromatic rings.